The van der Waals surface area contributed by atoms with Crippen molar-refractivity contribution in [1.82, 2.24) is 19.9 Å². The van der Waals surface area contributed by atoms with Crippen LogP contribution in [0.15, 0.2) is 31.1 Å². The van der Waals surface area contributed by atoms with Crippen LogP contribution in [0.3, 0.4) is 0 Å². The van der Waals surface area contributed by atoms with Crippen LogP contribution in [-0.4, -0.2) is 24.9 Å². The van der Waals surface area contributed by atoms with E-state index >= 15 is 0 Å². The molecule has 0 spiro atoms. The molecule has 16 heavy (non-hydrogen) atoms. The Morgan fingerprint density at radius 3 is 2.44 bits per heavy atom. The van der Waals surface area contributed by atoms with E-state index in [-0.39, 0.29) is 4.99 Å². The van der Waals surface area contributed by atoms with Crippen molar-refractivity contribution in [3.63, 3.8) is 0 Å². The first kappa shape index (κ1) is 10.4. The van der Waals surface area contributed by atoms with E-state index < -0.39 is 0 Å². The third-order valence-corrected chi connectivity index (χ3v) is 1.95. The zero-order valence-corrected chi connectivity index (χ0v) is 8.98. The zero-order chi connectivity index (χ0) is 11.4. The SMILES string of the molecule is NC(=S)c1cnc(Nc2cncnc2)cn1. The van der Waals surface area contributed by atoms with Crippen molar-refractivity contribution < 1.29 is 0 Å². The van der Waals surface area contributed by atoms with Crippen LogP contribution in [0.1, 0.15) is 5.69 Å². The first-order chi connectivity index (χ1) is 7.75. The molecule has 6 nitrogen and oxygen atoms in total. The van der Waals surface area contributed by atoms with Crippen molar-refractivity contribution in [2.75, 3.05) is 5.32 Å². The van der Waals surface area contributed by atoms with Crippen molar-refractivity contribution >= 4 is 28.7 Å². The number of rotatable bonds is 3. The van der Waals surface area contributed by atoms with Crippen LogP contribution in [-0.2, 0) is 0 Å². The highest BCUT2D eigenvalue weighted by atomic mass is 32.1. The van der Waals surface area contributed by atoms with Gasteiger partial charge in [0, 0.05) is 0 Å². The number of nitrogens with zero attached hydrogens (tertiary/aromatic N) is 4. The molecule has 0 aliphatic carbocycles. The van der Waals surface area contributed by atoms with Gasteiger partial charge in [-0.05, 0) is 0 Å². The molecule has 0 bridgehead atoms. The molecule has 2 aromatic heterocycles. The largest absolute Gasteiger partial charge is 0.388 e. The third kappa shape index (κ3) is 2.45. The molecule has 0 fully saturated rings. The minimum atomic E-state index is 0.224. The molecule has 3 N–H and O–H groups in total. The monoisotopic (exact) mass is 232 g/mol. The van der Waals surface area contributed by atoms with Crippen LogP contribution in [0, 0.1) is 0 Å². The average molecular weight is 232 g/mol. The Balaban J connectivity index is 2.14. The highest BCUT2D eigenvalue weighted by Crippen LogP contribution is 2.09. The van der Waals surface area contributed by atoms with Gasteiger partial charge in [0.05, 0.1) is 30.5 Å². The minimum absolute atomic E-state index is 0.224. The number of thiocarbonyl (C=S) groups is 1. The molecule has 0 aromatic carbocycles. The Labute approximate surface area is 97.0 Å². The minimum Gasteiger partial charge on any atom is -0.388 e. The summed E-state index contributed by atoms with van der Waals surface area (Å²) in [4.78, 5) is 16.1. The van der Waals surface area contributed by atoms with E-state index in [1.54, 1.807) is 18.6 Å². The summed E-state index contributed by atoms with van der Waals surface area (Å²) in [7, 11) is 0. The average Bonchev–Trinajstić information content (AvgIpc) is 2.31. The van der Waals surface area contributed by atoms with Gasteiger partial charge in [0.1, 0.15) is 22.8 Å². The summed E-state index contributed by atoms with van der Waals surface area (Å²) in [6.45, 7) is 0. The fraction of sp³-hybridized carbons (Fsp3) is 0. The second-order valence-electron chi connectivity index (χ2n) is 2.90. The number of hydrogen-bond donors (Lipinski definition) is 2. The first-order valence-electron chi connectivity index (χ1n) is 4.39. The van der Waals surface area contributed by atoms with Gasteiger partial charge in [0.15, 0.2) is 0 Å². The quantitative estimate of drug-likeness (QED) is 0.751. The standard InChI is InChI=1S/C9H8N6S/c10-9(16)7-3-14-8(4-13-7)15-6-1-11-5-12-2-6/h1-5H,(H2,10,16)(H,14,15). The van der Waals surface area contributed by atoms with Crippen LogP contribution in [0.2, 0.25) is 0 Å². The predicted octanol–water partition coefficient (Wildman–Crippen LogP) is 0.644. The van der Waals surface area contributed by atoms with Gasteiger partial charge in [-0.1, -0.05) is 12.2 Å². The molecule has 0 saturated heterocycles. The van der Waals surface area contributed by atoms with Gasteiger partial charge < -0.3 is 11.1 Å². The highest BCUT2D eigenvalue weighted by Gasteiger charge is 2.00. The summed E-state index contributed by atoms with van der Waals surface area (Å²) in [5, 5.41) is 2.99. The second-order valence-corrected chi connectivity index (χ2v) is 3.34. The van der Waals surface area contributed by atoms with Crippen LogP contribution in [0.25, 0.3) is 0 Å². The van der Waals surface area contributed by atoms with E-state index in [0.29, 0.717) is 11.5 Å². The normalized spacial score (nSPS) is 9.75. The fourth-order valence-corrected chi connectivity index (χ4v) is 1.14. The molecule has 7 heteroatoms. The lowest BCUT2D eigenvalue weighted by Crippen LogP contribution is -2.12. The molecule has 0 aliphatic heterocycles. The maximum Gasteiger partial charge on any atom is 0.148 e. The van der Waals surface area contributed by atoms with Crippen LogP contribution < -0.4 is 11.1 Å². The van der Waals surface area contributed by atoms with Gasteiger partial charge in [-0.3, -0.25) is 0 Å². The van der Waals surface area contributed by atoms with Crippen LogP contribution in [0.4, 0.5) is 11.5 Å². The lowest BCUT2D eigenvalue weighted by molar-refractivity contribution is 1.14. The van der Waals surface area contributed by atoms with Crippen molar-refractivity contribution in [2.24, 2.45) is 5.73 Å². The molecule has 0 unspecified atom stereocenters. The number of nitrogens with two attached hydrogens (primary N) is 1. The van der Waals surface area contributed by atoms with Gasteiger partial charge >= 0.3 is 0 Å². The predicted molar refractivity (Wildman–Crippen MR) is 63.2 cm³/mol. The van der Waals surface area contributed by atoms with Gasteiger partial charge in [-0.2, -0.15) is 0 Å². The topological polar surface area (TPSA) is 89.6 Å². The molecule has 0 radical (unpaired) electrons. The molecule has 2 aromatic rings. The van der Waals surface area contributed by atoms with E-state index in [9.17, 15) is 0 Å². The summed E-state index contributed by atoms with van der Waals surface area (Å²) >= 11 is 4.77. The molecular formula is C9H8N6S. The third-order valence-electron chi connectivity index (χ3n) is 1.74. The van der Waals surface area contributed by atoms with Crippen molar-refractivity contribution in [2.45, 2.75) is 0 Å². The number of anilines is 2. The molecule has 80 valence electrons. The van der Waals surface area contributed by atoms with Gasteiger partial charge in [0.2, 0.25) is 0 Å². The van der Waals surface area contributed by atoms with E-state index in [1.807, 2.05) is 0 Å². The zero-order valence-electron chi connectivity index (χ0n) is 8.16. The van der Waals surface area contributed by atoms with E-state index in [0.717, 1.165) is 5.69 Å². The maximum absolute atomic E-state index is 5.40. The lowest BCUT2D eigenvalue weighted by atomic mass is 10.4. The first-order valence-corrected chi connectivity index (χ1v) is 4.80. The summed E-state index contributed by atoms with van der Waals surface area (Å²) < 4.78 is 0. The van der Waals surface area contributed by atoms with Crippen molar-refractivity contribution in [3.8, 4) is 0 Å². The van der Waals surface area contributed by atoms with E-state index in [4.69, 9.17) is 18.0 Å². The number of hydrogen-bond acceptors (Lipinski definition) is 6. The van der Waals surface area contributed by atoms with E-state index in [1.165, 1.54) is 12.5 Å². The summed E-state index contributed by atoms with van der Waals surface area (Å²) in [5.41, 5.74) is 6.63. The van der Waals surface area contributed by atoms with Crippen LogP contribution in [0.5, 0.6) is 0 Å². The molecule has 0 aliphatic rings. The number of nitrogens with one attached hydrogen (secondary N) is 1. The van der Waals surface area contributed by atoms with Gasteiger partial charge in [-0.15, -0.1) is 0 Å². The molecule has 2 rings (SSSR count). The fourth-order valence-electron chi connectivity index (χ4n) is 1.03. The summed E-state index contributed by atoms with van der Waals surface area (Å²) in [6.07, 6.45) is 7.77. The van der Waals surface area contributed by atoms with Gasteiger partial charge in [-0.25, -0.2) is 19.9 Å². The molecule has 0 amide bonds. The van der Waals surface area contributed by atoms with Gasteiger partial charge in [0.25, 0.3) is 0 Å². The lowest BCUT2D eigenvalue weighted by Gasteiger charge is -2.03. The second kappa shape index (κ2) is 4.58. The molecule has 0 atom stereocenters. The Kier molecular flexibility index (Phi) is 2.97. The Morgan fingerprint density at radius 2 is 1.88 bits per heavy atom. The van der Waals surface area contributed by atoms with E-state index in [2.05, 4.69) is 25.3 Å². The summed E-state index contributed by atoms with van der Waals surface area (Å²) in [5.74, 6) is 0.579. The molecular weight excluding hydrogens is 224 g/mol. The van der Waals surface area contributed by atoms with Crippen molar-refractivity contribution in [3.05, 3.63) is 36.8 Å². The Bertz CT molecular complexity index is 483. The highest BCUT2D eigenvalue weighted by molar-refractivity contribution is 7.80. The molecule has 0 saturated carbocycles. The molecule has 2 heterocycles. The Hall–Kier alpha value is -2.15. The Morgan fingerprint density at radius 1 is 1.12 bits per heavy atom. The van der Waals surface area contributed by atoms with Crippen LogP contribution >= 0.6 is 12.2 Å². The maximum atomic E-state index is 5.40. The number of aromatic nitrogens is 4. The van der Waals surface area contributed by atoms with Crippen molar-refractivity contribution in [1.29, 1.82) is 0 Å². The smallest absolute Gasteiger partial charge is 0.148 e. The summed E-state index contributed by atoms with van der Waals surface area (Å²) in [6, 6.07) is 0.